The van der Waals surface area contributed by atoms with Gasteiger partial charge in [0.05, 0.1) is 34.7 Å². The summed E-state index contributed by atoms with van der Waals surface area (Å²) in [6, 6.07) is 18.7. The molecule has 1 aliphatic heterocycles. The summed E-state index contributed by atoms with van der Waals surface area (Å²) in [7, 11) is 1.60. The van der Waals surface area contributed by atoms with Crippen molar-refractivity contribution in [1.29, 1.82) is 0 Å². The molecule has 6 nitrogen and oxygen atoms in total. The number of nitrogens with one attached hydrogen (secondary N) is 1. The van der Waals surface area contributed by atoms with Crippen LogP contribution in [0.3, 0.4) is 0 Å². The summed E-state index contributed by atoms with van der Waals surface area (Å²) >= 11 is 7.74. The van der Waals surface area contributed by atoms with E-state index in [-0.39, 0.29) is 22.4 Å². The van der Waals surface area contributed by atoms with Crippen LogP contribution in [0, 0.1) is 0 Å². The highest BCUT2D eigenvalue weighted by atomic mass is 35.5. The number of fused-ring (bicyclic) bond motifs is 1. The van der Waals surface area contributed by atoms with Crippen LogP contribution in [-0.2, 0) is 4.79 Å². The Morgan fingerprint density at radius 3 is 2.23 bits per heavy atom. The normalized spacial score (nSPS) is 12.6. The van der Waals surface area contributed by atoms with E-state index in [0.29, 0.717) is 16.8 Å². The Kier molecular flexibility index (Phi) is 5.97. The zero-order valence-corrected chi connectivity index (χ0v) is 18.0. The Morgan fingerprint density at radius 2 is 1.65 bits per heavy atom. The molecule has 0 unspecified atom stereocenters. The number of benzene rings is 3. The molecule has 4 rings (SSSR count). The SMILES string of the molecule is COc1ccc(SCC(=O)Nc2ccc(N3C(=O)c4ccccc4C3=O)c(Cl)c2)cc1. The maximum atomic E-state index is 12.6. The summed E-state index contributed by atoms with van der Waals surface area (Å²) in [6.45, 7) is 0. The molecule has 1 N–H and O–H groups in total. The molecule has 8 heteroatoms. The fraction of sp³-hybridized carbons (Fsp3) is 0.0870. The molecular weight excluding hydrogens is 436 g/mol. The van der Waals surface area contributed by atoms with Crippen LogP contribution in [-0.4, -0.2) is 30.6 Å². The summed E-state index contributed by atoms with van der Waals surface area (Å²) in [5.41, 5.74) is 1.44. The lowest BCUT2D eigenvalue weighted by atomic mass is 10.1. The standard InChI is InChI=1S/C23H17ClN2O4S/c1-30-15-7-9-16(10-8-15)31-13-21(27)25-14-6-11-20(19(24)12-14)26-22(28)17-4-2-3-5-18(17)23(26)29/h2-12H,13H2,1H3,(H,25,27). The number of thioether (sulfide) groups is 1. The molecule has 3 aromatic rings. The lowest BCUT2D eigenvalue weighted by Gasteiger charge is -2.16. The average molecular weight is 453 g/mol. The van der Waals surface area contributed by atoms with Gasteiger partial charge in [0.1, 0.15) is 5.75 Å². The maximum Gasteiger partial charge on any atom is 0.266 e. The van der Waals surface area contributed by atoms with E-state index in [1.54, 1.807) is 43.5 Å². The first kappa shape index (κ1) is 21.0. The third kappa shape index (κ3) is 4.28. The van der Waals surface area contributed by atoms with Crippen LogP contribution >= 0.6 is 23.4 Å². The number of methoxy groups -OCH3 is 1. The van der Waals surface area contributed by atoms with Gasteiger partial charge >= 0.3 is 0 Å². The minimum absolute atomic E-state index is 0.190. The number of nitrogens with zero attached hydrogens (tertiary/aromatic N) is 1. The molecule has 0 radical (unpaired) electrons. The van der Waals surface area contributed by atoms with Crippen molar-refractivity contribution in [3.63, 3.8) is 0 Å². The van der Waals surface area contributed by atoms with E-state index in [4.69, 9.17) is 16.3 Å². The molecule has 156 valence electrons. The second-order valence-electron chi connectivity index (χ2n) is 6.67. The van der Waals surface area contributed by atoms with Crippen molar-refractivity contribution in [3.05, 3.63) is 82.9 Å². The van der Waals surface area contributed by atoms with Crippen LogP contribution in [0.25, 0.3) is 0 Å². The minimum atomic E-state index is -0.421. The van der Waals surface area contributed by atoms with E-state index >= 15 is 0 Å². The highest BCUT2D eigenvalue weighted by Gasteiger charge is 2.37. The molecule has 0 aromatic heterocycles. The number of halogens is 1. The van der Waals surface area contributed by atoms with E-state index < -0.39 is 11.8 Å². The number of hydrogen-bond acceptors (Lipinski definition) is 5. The molecule has 1 aliphatic rings. The highest BCUT2D eigenvalue weighted by Crippen LogP contribution is 2.35. The summed E-state index contributed by atoms with van der Waals surface area (Å²) in [4.78, 5) is 39.6. The van der Waals surface area contributed by atoms with Crippen molar-refractivity contribution < 1.29 is 19.1 Å². The third-order valence-electron chi connectivity index (χ3n) is 4.70. The molecule has 0 bridgehead atoms. The number of imide groups is 1. The van der Waals surface area contributed by atoms with Crippen LogP contribution < -0.4 is 15.0 Å². The van der Waals surface area contributed by atoms with Crippen molar-refractivity contribution in [2.75, 3.05) is 23.1 Å². The van der Waals surface area contributed by atoms with Crippen LogP contribution in [0.1, 0.15) is 20.7 Å². The van der Waals surface area contributed by atoms with Crippen molar-refractivity contribution >= 4 is 52.5 Å². The second kappa shape index (κ2) is 8.83. The number of anilines is 2. The van der Waals surface area contributed by atoms with E-state index in [2.05, 4.69) is 5.32 Å². The van der Waals surface area contributed by atoms with Gasteiger partial charge in [-0.2, -0.15) is 0 Å². The number of carbonyl (C=O) groups excluding carboxylic acids is 3. The summed E-state index contributed by atoms with van der Waals surface area (Å²) in [5, 5.41) is 2.97. The van der Waals surface area contributed by atoms with E-state index in [1.807, 2.05) is 24.3 Å². The van der Waals surface area contributed by atoms with E-state index in [1.165, 1.54) is 17.8 Å². The zero-order valence-electron chi connectivity index (χ0n) is 16.4. The van der Waals surface area contributed by atoms with Crippen LogP contribution in [0.2, 0.25) is 5.02 Å². The lowest BCUT2D eigenvalue weighted by molar-refractivity contribution is -0.113. The minimum Gasteiger partial charge on any atom is -0.497 e. The summed E-state index contributed by atoms with van der Waals surface area (Å²) in [5.74, 6) is -0.0817. The Hall–Kier alpha value is -3.29. The van der Waals surface area contributed by atoms with Gasteiger partial charge in [0.15, 0.2) is 0 Å². The predicted molar refractivity (Wildman–Crippen MR) is 121 cm³/mol. The monoisotopic (exact) mass is 452 g/mol. The van der Waals surface area contributed by atoms with Gasteiger partial charge in [0.2, 0.25) is 5.91 Å². The van der Waals surface area contributed by atoms with Crippen molar-refractivity contribution in [1.82, 2.24) is 0 Å². The fourth-order valence-electron chi connectivity index (χ4n) is 3.19. The van der Waals surface area contributed by atoms with E-state index in [0.717, 1.165) is 15.5 Å². The Bertz CT molecular complexity index is 1150. The molecular formula is C23H17ClN2O4S. The van der Waals surface area contributed by atoms with Gasteiger partial charge in [-0.15, -0.1) is 11.8 Å². The molecule has 0 saturated carbocycles. The predicted octanol–water partition coefficient (Wildman–Crippen LogP) is 4.88. The summed E-state index contributed by atoms with van der Waals surface area (Å²) < 4.78 is 5.12. The van der Waals surface area contributed by atoms with Crippen molar-refractivity contribution in [2.45, 2.75) is 4.90 Å². The average Bonchev–Trinajstić information content (AvgIpc) is 3.03. The third-order valence-corrected chi connectivity index (χ3v) is 6.01. The smallest absolute Gasteiger partial charge is 0.266 e. The molecule has 0 spiro atoms. The quantitative estimate of drug-likeness (QED) is 0.426. The fourth-order valence-corrected chi connectivity index (χ4v) is 4.16. The molecule has 3 amide bonds. The molecule has 0 atom stereocenters. The van der Waals surface area contributed by atoms with Crippen LogP contribution in [0.5, 0.6) is 5.75 Å². The topological polar surface area (TPSA) is 75.7 Å². The Labute approximate surface area is 188 Å². The molecule has 0 aliphatic carbocycles. The highest BCUT2D eigenvalue weighted by molar-refractivity contribution is 8.00. The van der Waals surface area contributed by atoms with Gasteiger partial charge in [0, 0.05) is 10.6 Å². The number of amides is 3. The number of rotatable bonds is 6. The maximum absolute atomic E-state index is 12.6. The first-order valence-electron chi connectivity index (χ1n) is 9.32. The number of ether oxygens (including phenoxy) is 1. The Balaban J connectivity index is 1.42. The first-order valence-corrected chi connectivity index (χ1v) is 10.7. The van der Waals surface area contributed by atoms with Gasteiger partial charge in [-0.05, 0) is 54.6 Å². The number of carbonyl (C=O) groups is 3. The second-order valence-corrected chi connectivity index (χ2v) is 8.13. The van der Waals surface area contributed by atoms with Crippen LogP contribution in [0.15, 0.2) is 71.6 Å². The van der Waals surface area contributed by atoms with Crippen LogP contribution in [0.4, 0.5) is 11.4 Å². The first-order chi connectivity index (χ1) is 15.0. The van der Waals surface area contributed by atoms with E-state index in [9.17, 15) is 14.4 Å². The molecule has 3 aromatic carbocycles. The van der Waals surface area contributed by atoms with Gasteiger partial charge in [-0.3, -0.25) is 14.4 Å². The van der Waals surface area contributed by atoms with Gasteiger partial charge in [0.25, 0.3) is 11.8 Å². The summed E-state index contributed by atoms with van der Waals surface area (Å²) in [6.07, 6.45) is 0. The van der Waals surface area contributed by atoms with Crippen molar-refractivity contribution in [3.8, 4) is 5.75 Å². The lowest BCUT2D eigenvalue weighted by Crippen LogP contribution is -2.29. The van der Waals surface area contributed by atoms with Gasteiger partial charge < -0.3 is 10.1 Å². The molecule has 0 fully saturated rings. The number of hydrogen-bond donors (Lipinski definition) is 1. The molecule has 1 heterocycles. The largest absolute Gasteiger partial charge is 0.497 e. The van der Waals surface area contributed by atoms with Gasteiger partial charge in [-0.25, -0.2) is 4.90 Å². The van der Waals surface area contributed by atoms with Crippen molar-refractivity contribution in [2.24, 2.45) is 0 Å². The zero-order chi connectivity index (χ0) is 22.0. The molecule has 31 heavy (non-hydrogen) atoms. The molecule has 0 saturated heterocycles. The Morgan fingerprint density at radius 1 is 1.00 bits per heavy atom. The van der Waals surface area contributed by atoms with Gasteiger partial charge in [-0.1, -0.05) is 23.7 Å².